The molecule has 2 heterocycles. The van der Waals surface area contributed by atoms with Gasteiger partial charge in [-0.05, 0) is 88.8 Å². The van der Waals surface area contributed by atoms with Gasteiger partial charge in [0.2, 0.25) is 15.9 Å². The van der Waals surface area contributed by atoms with Gasteiger partial charge in [0.1, 0.15) is 11.8 Å². The van der Waals surface area contributed by atoms with Gasteiger partial charge in [-0.15, -0.1) is 0 Å². The summed E-state index contributed by atoms with van der Waals surface area (Å²) < 4.78 is 34.5. The number of fused-ring (bicyclic) bond motifs is 1. The topological polar surface area (TPSA) is 83.0 Å². The van der Waals surface area contributed by atoms with Gasteiger partial charge >= 0.3 is 0 Å². The Balaban J connectivity index is 1.67. The number of carbonyl (C=O) groups is 1. The Kier molecular flexibility index (Phi) is 8.21. The van der Waals surface area contributed by atoms with Crippen LogP contribution in [0.2, 0.25) is 5.02 Å². The smallest absolute Gasteiger partial charge is 0.247 e. The molecule has 1 aliphatic rings. The van der Waals surface area contributed by atoms with Crippen molar-refractivity contribution < 1.29 is 17.9 Å². The lowest BCUT2D eigenvalue weighted by Crippen LogP contribution is -2.48. The maximum absolute atomic E-state index is 14.0. The van der Waals surface area contributed by atoms with E-state index in [2.05, 4.69) is 4.90 Å². The molecule has 1 aliphatic heterocycles. The Hall–Kier alpha value is -2.24. The van der Waals surface area contributed by atoms with Crippen molar-refractivity contribution >= 4 is 54.2 Å². The maximum Gasteiger partial charge on any atom is 0.247 e. The fourth-order valence-corrected chi connectivity index (χ4v) is 7.25. The lowest BCUT2D eigenvalue weighted by molar-refractivity contribution is -0.121. The van der Waals surface area contributed by atoms with Crippen molar-refractivity contribution in [3.05, 3.63) is 47.0 Å². The predicted molar refractivity (Wildman–Crippen MR) is 145 cm³/mol. The number of ether oxygens (including phenoxy) is 1. The first-order valence-electron chi connectivity index (χ1n) is 11.8. The van der Waals surface area contributed by atoms with Crippen LogP contribution in [0.15, 0.2) is 41.3 Å². The molecule has 0 radical (unpaired) electrons. The second-order valence-electron chi connectivity index (χ2n) is 9.11. The Labute approximate surface area is 221 Å². The zero-order chi connectivity index (χ0) is 26.0. The van der Waals surface area contributed by atoms with Crippen LogP contribution in [0, 0.1) is 6.92 Å². The molecule has 0 bridgehead atoms. The van der Waals surface area contributed by atoms with Crippen LogP contribution in [-0.4, -0.2) is 75.4 Å². The van der Waals surface area contributed by atoms with Crippen molar-refractivity contribution in [1.29, 1.82) is 0 Å². The van der Waals surface area contributed by atoms with Gasteiger partial charge < -0.3 is 9.64 Å². The third kappa shape index (κ3) is 5.38. The van der Waals surface area contributed by atoms with Crippen molar-refractivity contribution in [2.24, 2.45) is 0 Å². The number of hydrogen-bond donors (Lipinski definition) is 0. The number of halogens is 1. The van der Waals surface area contributed by atoms with Crippen molar-refractivity contribution in [1.82, 2.24) is 14.2 Å². The number of methoxy groups -OCH3 is 1. The molecular weight excluding hydrogens is 520 g/mol. The molecule has 1 atom stereocenters. The van der Waals surface area contributed by atoms with E-state index in [1.54, 1.807) is 17.0 Å². The first-order valence-corrected chi connectivity index (χ1v) is 14.4. The van der Waals surface area contributed by atoms with Crippen LogP contribution in [0.4, 0.5) is 5.13 Å². The van der Waals surface area contributed by atoms with Gasteiger partial charge in [0.15, 0.2) is 5.13 Å². The molecule has 1 unspecified atom stereocenters. The van der Waals surface area contributed by atoms with E-state index in [1.165, 1.54) is 34.9 Å². The fraction of sp³-hybridized carbons (Fsp3) is 0.440. The van der Waals surface area contributed by atoms with Gasteiger partial charge in [0.25, 0.3) is 0 Å². The largest absolute Gasteiger partial charge is 0.497 e. The van der Waals surface area contributed by atoms with Crippen LogP contribution in [0.25, 0.3) is 10.2 Å². The Morgan fingerprint density at radius 3 is 2.58 bits per heavy atom. The average Bonchev–Trinajstić information content (AvgIpc) is 3.52. The van der Waals surface area contributed by atoms with Gasteiger partial charge in [0, 0.05) is 18.1 Å². The predicted octanol–water partition coefficient (Wildman–Crippen LogP) is 4.40. The lowest BCUT2D eigenvalue weighted by Gasteiger charge is -2.29. The van der Waals surface area contributed by atoms with Gasteiger partial charge in [-0.25, -0.2) is 13.4 Å². The molecule has 0 N–H and O–H groups in total. The number of hydrogen-bond acceptors (Lipinski definition) is 7. The quantitative estimate of drug-likeness (QED) is 0.392. The summed E-state index contributed by atoms with van der Waals surface area (Å²) in [6.45, 7) is 3.44. The monoisotopic (exact) mass is 550 g/mol. The first kappa shape index (κ1) is 26.8. The van der Waals surface area contributed by atoms with E-state index in [-0.39, 0.29) is 10.8 Å². The van der Waals surface area contributed by atoms with Crippen LogP contribution >= 0.6 is 22.9 Å². The number of aromatic nitrogens is 1. The highest BCUT2D eigenvalue weighted by Gasteiger charge is 2.42. The van der Waals surface area contributed by atoms with Crippen molar-refractivity contribution in [3.63, 3.8) is 0 Å². The molecule has 0 saturated carbocycles. The molecule has 1 saturated heterocycles. The summed E-state index contributed by atoms with van der Waals surface area (Å²) in [5, 5.41) is 1.19. The highest BCUT2D eigenvalue weighted by atomic mass is 35.5. The van der Waals surface area contributed by atoms with Crippen molar-refractivity contribution in [2.45, 2.75) is 37.1 Å². The number of anilines is 1. The van der Waals surface area contributed by atoms with Crippen LogP contribution in [0.3, 0.4) is 0 Å². The van der Waals surface area contributed by atoms with E-state index >= 15 is 0 Å². The van der Waals surface area contributed by atoms with E-state index in [4.69, 9.17) is 21.3 Å². The minimum Gasteiger partial charge on any atom is -0.497 e. The zero-order valence-corrected chi connectivity index (χ0v) is 23.3. The second-order valence-corrected chi connectivity index (χ2v) is 12.4. The molecule has 194 valence electrons. The van der Waals surface area contributed by atoms with E-state index in [9.17, 15) is 13.2 Å². The fourth-order valence-electron chi connectivity index (χ4n) is 4.39. The summed E-state index contributed by atoms with van der Waals surface area (Å²) in [5.41, 5.74) is 1.63. The number of aryl methyl sites for hydroxylation is 1. The number of amides is 1. The number of thiazole rings is 1. The molecule has 4 rings (SSSR count). The minimum atomic E-state index is -3.86. The zero-order valence-electron chi connectivity index (χ0n) is 20.9. The van der Waals surface area contributed by atoms with Crippen LogP contribution < -0.4 is 9.64 Å². The standard InChI is InChI=1S/C25H31ClN4O4S2/c1-17-20(26)12-13-22-23(17)27-25(35-22)29(15-6-14-28(2)3)24(31)21-7-5-16-30(21)36(32,33)19-10-8-18(34-4)9-11-19/h8-13,21H,5-7,14-16H2,1-4H3. The summed E-state index contributed by atoms with van der Waals surface area (Å²) in [5.74, 6) is 0.326. The molecule has 1 amide bonds. The lowest BCUT2D eigenvalue weighted by atomic mass is 10.2. The van der Waals surface area contributed by atoms with E-state index in [1.807, 2.05) is 33.2 Å². The molecule has 8 nitrogen and oxygen atoms in total. The number of carbonyl (C=O) groups excluding carboxylic acids is 1. The third-order valence-corrected chi connectivity index (χ3v) is 9.75. The minimum absolute atomic E-state index is 0.146. The second kappa shape index (κ2) is 11.0. The molecular formula is C25H31ClN4O4S2. The van der Waals surface area contributed by atoms with Gasteiger partial charge in [0.05, 0.1) is 22.2 Å². The Bertz CT molecular complexity index is 1340. The first-order chi connectivity index (χ1) is 17.1. The normalized spacial score (nSPS) is 16.7. The summed E-state index contributed by atoms with van der Waals surface area (Å²) >= 11 is 7.73. The Morgan fingerprint density at radius 2 is 1.92 bits per heavy atom. The molecule has 1 aromatic heterocycles. The SMILES string of the molecule is COc1ccc(S(=O)(=O)N2CCCC2C(=O)N(CCCN(C)C)c2nc3c(C)c(Cl)ccc3s2)cc1. The van der Waals surface area contributed by atoms with E-state index in [0.29, 0.717) is 41.8 Å². The van der Waals surface area contributed by atoms with Crippen molar-refractivity contribution in [2.75, 3.05) is 45.7 Å². The van der Waals surface area contributed by atoms with Crippen molar-refractivity contribution in [3.8, 4) is 5.75 Å². The molecule has 1 fully saturated rings. The summed E-state index contributed by atoms with van der Waals surface area (Å²) in [7, 11) is 1.63. The Morgan fingerprint density at radius 1 is 1.19 bits per heavy atom. The molecule has 36 heavy (non-hydrogen) atoms. The summed E-state index contributed by atoms with van der Waals surface area (Å²) in [6.07, 6.45) is 1.81. The number of rotatable bonds is 9. The molecule has 3 aromatic rings. The van der Waals surface area contributed by atoms with Crippen LogP contribution in [-0.2, 0) is 14.8 Å². The molecule has 2 aromatic carbocycles. The average molecular weight is 551 g/mol. The molecule has 0 aliphatic carbocycles. The number of sulfonamides is 1. The third-order valence-electron chi connectivity index (χ3n) is 6.38. The molecule has 0 spiro atoms. The summed E-state index contributed by atoms with van der Waals surface area (Å²) in [4.78, 5) is 22.6. The number of benzene rings is 2. The van der Waals surface area contributed by atoms with Gasteiger partial charge in [-0.1, -0.05) is 22.9 Å². The van der Waals surface area contributed by atoms with E-state index in [0.717, 1.165) is 28.7 Å². The highest BCUT2D eigenvalue weighted by molar-refractivity contribution is 7.89. The van der Waals surface area contributed by atoms with E-state index < -0.39 is 16.1 Å². The maximum atomic E-state index is 14.0. The summed E-state index contributed by atoms with van der Waals surface area (Å²) in [6, 6.07) is 9.22. The molecule has 11 heteroatoms. The highest BCUT2D eigenvalue weighted by Crippen LogP contribution is 2.35. The van der Waals surface area contributed by atoms with Crippen LogP contribution in [0.5, 0.6) is 5.75 Å². The number of nitrogens with zero attached hydrogens (tertiary/aromatic N) is 4. The van der Waals surface area contributed by atoms with Gasteiger partial charge in [-0.3, -0.25) is 9.69 Å². The van der Waals surface area contributed by atoms with Gasteiger partial charge in [-0.2, -0.15) is 4.31 Å². The van der Waals surface area contributed by atoms with Crippen LogP contribution in [0.1, 0.15) is 24.8 Å².